The van der Waals surface area contributed by atoms with Crippen LogP contribution < -0.4 is 4.90 Å². The lowest BCUT2D eigenvalue weighted by Crippen LogP contribution is -2.27. The summed E-state index contributed by atoms with van der Waals surface area (Å²) in [5.74, 6) is 0.0881. The first kappa shape index (κ1) is 14.1. The minimum absolute atomic E-state index is 0.0643. The van der Waals surface area contributed by atoms with Gasteiger partial charge in [-0.2, -0.15) is 0 Å². The lowest BCUT2D eigenvalue weighted by molar-refractivity contribution is 0.0992. The molecule has 20 heavy (non-hydrogen) atoms. The predicted molar refractivity (Wildman–Crippen MR) is 81.5 cm³/mol. The van der Waals surface area contributed by atoms with Crippen LogP contribution in [0.25, 0.3) is 0 Å². The summed E-state index contributed by atoms with van der Waals surface area (Å²) in [7, 11) is 1.72. The molecular weight excluding hydrogens is 250 g/mol. The highest BCUT2D eigenvalue weighted by Crippen LogP contribution is 2.23. The van der Waals surface area contributed by atoms with Crippen LogP contribution in [0.5, 0.6) is 5.75 Å². The normalized spacial score (nSPS) is 10.4. The number of carbonyl (C=O) groups is 1. The zero-order valence-corrected chi connectivity index (χ0v) is 12.3. The second kappa shape index (κ2) is 5.37. The topological polar surface area (TPSA) is 40.5 Å². The predicted octanol–water partition coefficient (Wildman–Crippen LogP) is 3.59. The van der Waals surface area contributed by atoms with Crippen LogP contribution in [-0.2, 0) is 0 Å². The van der Waals surface area contributed by atoms with Gasteiger partial charge in [0, 0.05) is 24.4 Å². The largest absolute Gasteiger partial charge is 0.508 e. The van der Waals surface area contributed by atoms with Crippen molar-refractivity contribution in [2.75, 3.05) is 11.9 Å². The summed E-state index contributed by atoms with van der Waals surface area (Å²) in [6.45, 7) is 5.92. The molecule has 1 N–H and O–H groups in total. The second-order valence-electron chi connectivity index (χ2n) is 5.16. The van der Waals surface area contributed by atoms with E-state index in [-0.39, 0.29) is 11.7 Å². The Kier molecular flexibility index (Phi) is 3.79. The summed E-state index contributed by atoms with van der Waals surface area (Å²) in [5.41, 5.74) is 4.49. The summed E-state index contributed by atoms with van der Waals surface area (Å²) in [6.07, 6.45) is 0. The number of benzene rings is 2. The Bertz CT molecular complexity index is 639. The van der Waals surface area contributed by atoms with Crippen molar-refractivity contribution >= 4 is 11.6 Å². The number of hydrogen-bond acceptors (Lipinski definition) is 2. The van der Waals surface area contributed by atoms with Crippen molar-refractivity contribution in [3.8, 4) is 5.75 Å². The first-order valence-corrected chi connectivity index (χ1v) is 6.55. The van der Waals surface area contributed by atoms with Gasteiger partial charge in [-0.25, -0.2) is 0 Å². The van der Waals surface area contributed by atoms with Crippen LogP contribution in [0.15, 0.2) is 36.4 Å². The third kappa shape index (κ3) is 2.67. The van der Waals surface area contributed by atoms with Crippen LogP contribution in [0.1, 0.15) is 27.0 Å². The summed E-state index contributed by atoms with van der Waals surface area (Å²) in [5, 5.41) is 9.52. The van der Waals surface area contributed by atoms with E-state index < -0.39 is 0 Å². The highest BCUT2D eigenvalue weighted by atomic mass is 16.3. The monoisotopic (exact) mass is 269 g/mol. The number of phenolic OH excluding ortho intramolecular Hbond substituents is 1. The second-order valence-corrected chi connectivity index (χ2v) is 5.16. The van der Waals surface area contributed by atoms with E-state index in [2.05, 4.69) is 0 Å². The molecule has 1 amide bonds. The SMILES string of the molecule is Cc1cc(C)c(C(=O)N(C)c2cccc(O)c2)c(C)c1. The van der Waals surface area contributed by atoms with Gasteiger partial charge in [0.1, 0.15) is 5.75 Å². The van der Waals surface area contributed by atoms with E-state index in [1.54, 1.807) is 36.2 Å². The number of rotatable bonds is 2. The molecule has 0 aliphatic carbocycles. The minimum Gasteiger partial charge on any atom is -0.508 e. The van der Waals surface area contributed by atoms with Crippen LogP contribution in [0.3, 0.4) is 0 Å². The average Bonchev–Trinajstić information content (AvgIpc) is 2.36. The molecular formula is C17H19NO2. The smallest absolute Gasteiger partial charge is 0.258 e. The van der Waals surface area contributed by atoms with Gasteiger partial charge in [0.25, 0.3) is 5.91 Å². The fourth-order valence-electron chi connectivity index (χ4n) is 2.50. The molecule has 0 saturated carbocycles. The molecule has 3 heteroatoms. The van der Waals surface area contributed by atoms with Gasteiger partial charge in [0.2, 0.25) is 0 Å². The molecule has 0 atom stereocenters. The molecule has 2 aromatic rings. The zero-order valence-electron chi connectivity index (χ0n) is 12.3. The van der Waals surface area contributed by atoms with E-state index in [0.29, 0.717) is 5.69 Å². The molecule has 0 aliphatic rings. The van der Waals surface area contributed by atoms with Crippen molar-refractivity contribution in [3.05, 3.63) is 58.7 Å². The highest BCUT2D eigenvalue weighted by Gasteiger charge is 2.18. The molecule has 0 aromatic heterocycles. The van der Waals surface area contributed by atoms with Gasteiger partial charge in [0.05, 0.1) is 0 Å². The number of anilines is 1. The van der Waals surface area contributed by atoms with E-state index in [1.807, 2.05) is 32.9 Å². The summed E-state index contributed by atoms with van der Waals surface area (Å²) in [6, 6.07) is 10.7. The van der Waals surface area contributed by atoms with E-state index in [9.17, 15) is 9.90 Å². The lowest BCUT2D eigenvalue weighted by Gasteiger charge is -2.20. The number of nitrogens with zero attached hydrogens (tertiary/aromatic N) is 1. The number of amides is 1. The molecule has 2 rings (SSSR count). The molecule has 104 valence electrons. The van der Waals surface area contributed by atoms with Crippen molar-refractivity contribution in [1.82, 2.24) is 0 Å². The Labute approximate surface area is 119 Å². The Hall–Kier alpha value is -2.29. The average molecular weight is 269 g/mol. The first-order chi connectivity index (χ1) is 9.40. The Morgan fingerprint density at radius 3 is 2.20 bits per heavy atom. The number of aryl methyl sites for hydroxylation is 3. The maximum absolute atomic E-state index is 12.7. The quantitative estimate of drug-likeness (QED) is 0.905. The van der Waals surface area contributed by atoms with Crippen LogP contribution >= 0.6 is 0 Å². The highest BCUT2D eigenvalue weighted by molar-refractivity contribution is 6.07. The van der Waals surface area contributed by atoms with Gasteiger partial charge in [-0.3, -0.25) is 4.79 Å². The first-order valence-electron chi connectivity index (χ1n) is 6.55. The van der Waals surface area contributed by atoms with Crippen molar-refractivity contribution in [3.63, 3.8) is 0 Å². The third-order valence-electron chi connectivity index (χ3n) is 3.41. The Morgan fingerprint density at radius 2 is 1.65 bits per heavy atom. The zero-order chi connectivity index (χ0) is 14.9. The van der Waals surface area contributed by atoms with E-state index in [0.717, 1.165) is 22.3 Å². The molecule has 0 radical (unpaired) electrons. The van der Waals surface area contributed by atoms with Crippen molar-refractivity contribution in [1.29, 1.82) is 0 Å². The molecule has 0 saturated heterocycles. The Morgan fingerprint density at radius 1 is 1.05 bits per heavy atom. The molecule has 0 unspecified atom stereocenters. The van der Waals surface area contributed by atoms with Crippen LogP contribution in [0.2, 0.25) is 0 Å². The van der Waals surface area contributed by atoms with Crippen molar-refractivity contribution < 1.29 is 9.90 Å². The van der Waals surface area contributed by atoms with Crippen LogP contribution in [0, 0.1) is 20.8 Å². The van der Waals surface area contributed by atoms with E-state index >= 15 is 0 Å². The molecule has 0 bridgehead atoms. The van der Waals surface area contributed by atoms with Gasteiger partial charge in [-0.05, 0) is 44.0 Å². The van der Waals surface area contributed by atoms with Crippen molar-refractivity contribution in [2.45, 2.75) is 20.8 Å². The summed E-state index contributed by atoms with van der Waals surface area (Å²) >= 11 is 0. The standard InChI is InChI=1S/C17H19NO2/c1-11-8-12(2)16(13(3)9-11)17(20)18(4)14-6-5-7-15(19)10-14/h5-10,19H,1-4H3. The van der Waals surface area contributed by atoms with Gasteiger partial charge < -0.3 is 10.0 Å². The van der Waals surface area contributed by atoms with Gasteiger partial charge >= 0.3 is 0 Å². The molecule has 0 heterocycles. The Balaban J connectivity index is 2.41. The summed E-state index contributed by atoms with van der Waals surface area (Å²) < 4.78 is 0. The third-order valence-corrected chi connectivity index (χ3v) is 3.41. The van der Waals surface area contributed by atoms with Gasteiger partial charge in [-0.1, -0.05) is 23.8 Å². The molecule has 0 spiro atoms. The van der Waals surface area contributed by atoms with Gasteiger partial charge in [0.15, 0.2) is 0 Å². The van der Waals surface area contributed by atoms with E-state index in [4.69, 9.17) is 0 Å². The maximum Gasteiger partial charge on any atom is 0.258 e. The molecule has 0 fully saturated rings. The number of phenols is 1. The summed E-state index contributed by atoms with van der Waals surface area (Å²) in [4.78, 5) is 14.2. The number of hydrogen-bond donors (Lipinski definition) is 1. The minimum atomic E-state index is -0.0643. The fraction of sp³-hybridized carbons (Fsp3) is 0.235. The molecule has 3 nitrogen and oxygen atoms in total. The van der Waals surface area contributed by atoms with Crippen LogP contribution in [0.4, 0.5) is 5.69 Å². The maximum atomic E-state index is 12.7. The number of carbonyl (C=O) groups excluding carboxylic acids is 1. The van der Waals surface area contributed by atoms with Crippen molar-refractivity contribution in [2.24, 2.45) is 0 Å². The van der Waals surface area contributed by atoms with Gasteiger partial charge in [-0.15, -0.1) is 0 Å². The lowest BCUT2D eigenvalue weighted by atomic mass is 9.98. The molecule has 0 aliphatic heterocycles. The van der Waals surface area contributed by atoms with Crippen LogP contribution in [-0.4, -0.2) is 18.1 Å². The molecule has 2 aromatic carbocycles. The number of aromatic hydroxyl groups is 1. The fourth-order valence-corrected chi connectivity index (χ4v) is 2.50. The van der Waals surface area contributed by atoms with E-state index in [1.165, 1.54) is 0 Å².